The standard InChI is InChI=1S/C19H22N2O2/c1-13(22)20-15-5-6-19-17(11-15)18(12-23-19)14-7-9-21-8-3-2-4-16(21)10-14/h5-7,11-12,16H,2-4,8-10H2,1H3,(H,20,22). The second-order valence-electron chi connectivity index (χ2n) is 6.62. The first-order chi connectivity index (χ1) is 11.2. The molecule has 2 aliphatic rings. The number of hydrogen-bond donors (Lipinski definition) is 1. The molecular formula is C19H22N2O2. The minimum absolute atomic E-state index is 0.0517. The lowest BCUT2D eigenvalue weighted by Crippen LogP contribution is -2.41. The van der Waals surface area contributed by atoms with E-state index in [0.717, 1.165) is 29.6 Å². The molecule has 23 heavy (non-hydrogen) atoms. The van der Waals surface area contributed by atoms with E-state index in [1.807, 2.05) is 24.5 Å². The van der Waals surface area contributed by atoms with E-state index in [9.17, 15) is 4.79 Å². The summed E-state index contributed by atoms with van der Waals surface area (Å²) >= 11 is 0. The number of amides is 1. The zero-order valence-electron chi connectivity index (χ0n) is 13.5. The highest BCUT2D eigenvalue weighted by Crippen LogP contribution is 2.36. The molecule has 2 aliphatic heterocycles. The summed E-state index contributed by atoms with van der Waals surface area (Å²) in [5.74, 6) is -0.0517. The first-order valence-electron chi connectivity index (χ1n) is 8.43. The highest BCUT2D eigenvalue weighted by molar-refractivity contribution is 5.96. The van der Waals surface area contributed by atoms with Crippen LogP contribution in [0, 0.1) is 0 Å². The quantitative estimate of drug-likeness (QED) is 0.911. The van der Waals surface area contributed by atoms with Gasteiger partial charge in [0.1, 0.15) is 5.58 Å². The monoisotopic (exact) mass is 310 g/mol. The molecule has 0 aliphatic carbocycles. The number of piperidine rings is 1. The summed E-state index contributed by atoms with van der Waals surface area (Å²) in [6.45, 7) is 3.80. The molecule has 1 fully saturated rings. The van der Waals surface area contributed by atoms with Gasteiger partial charge in [0.15, 0.2) is 0 Å². The molecule has 120 valence electrons. The minimum atomic E-state index is -0.0517. The lowest BCUT2D eigenvalue weighted by Gasteiger charge is -2.38. The third-order valence-corrected chi connectivity index (χ3v) is 5.02. The van der Waals surface area contributed by atoms with E-state index in [0.29, 0.717) is 6.04 Å². The Morgan fingerprint density at radius 3 is 3.13 bits per heavy atom. The van der Waals surface area contributed by atoms with E-state index in [1.54, 1.807) is 0 Å². The van der Waals surface area contributed by atoms with E-state index >= 15 is 0 Å². The van der Waals surface area contributed by atoms with Gasteiger partial charge >= 0.3 is 0 Å². The Balaban J connectivity index is 1.68. The molecule has 0 saturated carbocycles. The number of fused-ring (bicyclic) bond motifs is 2. The van der Waals surface area contributed by atoms with Crippen LogP contribution >= 0.6 is 0 Å². The van der Waals surface area contributed by atoms with Gasteiger partial charge in [-0.25, -0.2) is 0 Å². The van der Waals surface area contributed by atoms with Gasteiger partial charge in [0.05, 0.1) is 6.26 Å². The van der Waals surface area contributed by atoms with Crippen molar-refractivity contribution >= 4 is 28.1 Å². The Bertz CT molecular complexity index is 775. The van der Waals surface area contributed by atoms with Crippen LogP contribution in [0.15, 0.2) is 35.0 Å². The number of anilines is 1. The molecule has 1 aromatic carbocycles. The number of carbonyl (C=O) groups excluding carboxylic acids is 1. The number of nitrogens with zero attached hydrogens (tertiary/aromatic N) is 1. The molecule has 0 spiro atoms. The lowest BCUT2D eigenvalue weighted by molar-refractivity contribution is -0.114. The maximum Gasteiger partial charge on any atom is 0.221 e. The van der Waals surface area contributed by atoms with E-state index in [2.05, 4.69) is 16.3 Å². The highest BCUT2D eigenvalue weighted by atomic mass is 16.3. The predicted octanol–water partition coefficient (Wildman–Crippen LogP) is 4.03. The van der Waals surface area contributed by atoms with Crippen LogP contribution in [0.3, 0.4) is 0 Å². The van der Waals surface area contributed by atoms with Crippen LogP contribution in [0.4, 0.5) is 5.69 Å². The average molecular weight is 310 g/mol. The summed E-state index contributed by atoms with van der Waals surface area (Å²) in [6, 6.07) is 6.51. The van der Waals surface area contributed by atoms with Gasteiger partial charge < -0.3 is 9.73 Å². The van der Waals surface area contributed by atoms with Crippen molar-refractivity contribution in [3.05, 3.63) is 36.1 Å². The molecule has 2 aromatic rings. The SMILES string of the molecule is CC(=O)Nc1ccc2occ(C3=CCN4CCCCC4C3)c2c1. The molecule has 0 radical (unpaired) electrons. The van der Waals surface area contributed by atoms with Gasteiger partial charge in [0.2, 0.25) is 5.91 Å². The second-order valence-corrected chi connectivity index (χ2v) is 6.62. The first-order valence-corrected chi connectivity index (χ1v) is 8.43. The number of rotatable bonds is 2. The molecule has 1 N–H and O–H groups in total. The third-order valence-electron chi connectivity index (χ3n) is 5.02. The molecule has 1 saturated heterocycles. The van der Waals surface area contributed by atoms with E-state index in [4.69, 9.17) is 4.42 Å². The Morgan fingerprint density at radius 1 is 1.35 bits per heavy atom. The van der Waals surface area contributed by atoms with Crippen molar-refractivity contribution in [2.45, 2.75) is 38.6 Å². The fourth-order valence-electron chi connectivity index (χ4n) is 3.87. The predicted molar refractivity (Wildman–Crippen MR) is 92.3 cm³/mol. The summed E-state index contributed by atoms with van der Waals surface area (Å²) in [4.78, 5) is 13.9. The molecule has 4 nitrogen and oxygen atoms in total. The van der Waals surface area contributed by atoms with Gasteiger partial charge in [0, 0.05) is 36.1 Å². The van der Waals surface area contributed by atoms with Gasteiger partial charge in [-0.1, -0.05) is 12.5 Å². The first kappa shape index (κ1) is 14.5. The average Bonchev–Trinajstić information content (AvgIpc) is 2.97. The smallest absolute Gasteiger partial charge is 0.221 e. The van der Waals surface area contributed by atoms with Gasteiger partial charge in [-0.05, 0) is 49.6 Å². The maximum atomic E-state index is 11.3. The van der Waals surface area contributed by atoms with Crippen LogP contribution in [0.1, 0.15) is 38.2 Å². The number of hydrogen-bond acceptors (Lipinski definition) is 3. The van der Waals surface area contributed by atoms with Crippen LogP contribution in [-0.2, 0) is 4.79 Å². The topological polar surface area (TPSA) is 45.5 Å². The van der Waals surface area contributed by atoms with Crippen molar-refractivity contribution in [3.63, 3.8) is 0 Å². The highest BCUT2D eigenvalue weighted by Gasteiger charge is 2.27. The normalized spacial score (nSPS) is 21.8. The van der Waals surface area contributed by atoms with Crippen molar-refractivity contribution < 1.29 is 9.21 Å². The largest absolute Gasteiger partial charge is 0.464 e. The zero-order chi connectivity index (χ0) is 15.8. The van der Waals surface area contributed by atoms with Crippen molar-refractivity contribution in [1.82, 2.24) is 4.90 Å². The van der Waals surface area contributed by atoms with Crippen LogP contribution in [0.2, 0.25) is 0 Å². The Hall–Kier alpha value is -2.07. The van der Waals surface area contributed by atoms with Gasteiger partial charge in [-0.3, -0.25) is 9.69 Å². The molecule has 3 heterocycles. The summed E-state index contributed by atoms with van der Waals surface area (Å²) in [6.07, 6.45) is 9.27. The summed E-state index contributed by atoms with van der Waals surface area (Å²) < 4.78 is 5.73. The van der Waals surface area contributed by atoms with Crippen molar-refractivity contribution in [2.24, 2.45) is 0 Å². The Kier molecular flexibility index (Phi) is 3.69. The molecule has 4 heteroatoms. The van der Waals surface area contributed by atoms with Crippen LogP contribution in [-0.4, -0.2) is 29.9 Å². The van der Waals surface area contributed by atoms with Gasteiger partial charge in [0.25, 0.3) is 0 Å². The molecular weight excluding hydrogens is 288 g/mol. The molecule has 1 unspecified atom stereocenters. The van der Waals surface area contributed by atoms with E-state index in [-0.39, 0.29) is 5.91 Å². The molecule has 1 amide bonds. The van der Waals surface area contributed by atoms with Crippen molar-refractivity contribution in [2.75, 3.05) is 18.4 Å². The van der Waals surface area contributed by atoms with Gasteiger partial charge in [-0.2, -0.15) is 0 Å². The van der Waals surface area contributed by atoms with E-state index < -0.39 is 0 Å². The maximum absolute atomic E-state index is 11.3. The zero-order valence-corrected chi connectivity index (χ0v) is 13.5. The van der Waals surface area contributed by atoms with Crippen LogP contribution in [0.5, 0.6) is 0 Å². The lowest BCUT2D eigenvalue weighted by atomic mass is 9.89. The number of carbonyl (C=O) groups is 1. The second kappa shape index (κ2) is 5.85. The molecule has 1 atom stereocenters. The Morgan fingerprint density at radius 2 is 2.26 bits per heavy atom. The molecule has 1 aromatic heterocycles. The minimum Gasteiger partial charge on any atom is -0.464 e. The molecule has 0 bridgehead atoms. The fraction of sp³-hybridized carbons (Fsp3) is 0.421. The summed E-state index contributed by atoms with van der Waals surface area (Å²) in [5.41, 5.74) is 4.26. The van der Waals surface area contributed by atoms with Gasteiger partial charge in [-0.15, -0.1) is 0 Å². The fourth-order valence-corrected chi connectivity index (χ4v) is 3.87. The number of furan rings is 1. The Labute approximate surface area is 136 Å². The summed E-state index contributed by atoms with van der Waals surface area (Å²) in [5, 5.41) is 3.94. The third kappa shape index (κ3) is 2.79. The summed E-state index contributed by atoms with van der Waals surface area (Å²) in [7, 11) is 0. The van der Waals surface area contributed by atoms with E-state index in [1.165, 1.54) is 43.9 Å². The molecule has 4 rings (SSSR count). The number of nitrogens with one attached hydrogen (secondary N) is 1. The van der Waals surface area contributed by atoms with Crippen molar-refractivity contribution in [1.29, 1.82) is 0 Å². The van der Waals surface area contributed by atoms with Crippen molar-refractivity contribution in [3.8, 4) is 0 Å². The van der Waals surface area contributed by atoms with Crippen LogP contribution < -0.4 is 5.32 Å². The van der Waals surface area contributed by atoms with Crippen LogP contribution in [0.25, 0.3) is 16.5 Å². The number of benzene rings is 1.